The van der Waals surface area contributed by atoms with Crippen molar-refractivity contribution in [3.05, 3.63) is 64.2 Å². The van der Waals surface area contributed by atoms with E-state index in [2.05, 4.69) is 27.9 Å². The molecule has 0 spiro atoms. The van der Waals surface area contributed by atoms with Crippen molar-refractivity contribution in [1.82, 2.24) is 9.78 Å². The van der Waals surface area contributed by atoms with Gasteiger partial charge in [0, 0.05) is 30.1 Å². The van der Waals surface area contributed by atoms with Gasteiger partial charge in [-0.3, -0.25) is 4.68 Å². The Labute approximate surface area is 173 Å². The molecule has 2 heterocycles. The molecule has 0 aliphatic carbocycles. The topological polar surface area (TPSA) is 68.2 Å². The highest BCUT2D eigenvalue weighted by Gasteiger charge is 2.18. The molecule has 0 radical (unpaired) electrons. The number of nitrogens with zero attached hydrogens (tertiary/aromatic N) is 2. The lowest BCUT2D eigenvalue weighted by atomic mass is 10.1. The van der Waals surface area contributed by atoms with Crippen LogP contribution in [0.1, 0.15) is 33.4 Å². The predicted molar refractivity (Wildman–Crippen MR) is 117 cm³/mol. The maximum Gasteiger partial charge on any atom is 0.341 e. The third-order valence-corrected chi connectivity index (χ3v) is 5.34. The van der Waals surface area contributed by atoms with Gasteiger partial charge in [0.1, 0.15) is 5.00 Å². The van der Waals surface area contributed by atoms with Crippen LogP contribution < -0.4 is 10.6 Å². The molecule has 0 fully saturated rings. The summed E-state index contributed by atoms with van der Waals surface area (Å²) in [5, 5.41) is 11.5. The van der Waals surface area contributed by atoms with Gasteiger partial charge < -0.3 is 15.4 Å². The minimum Gasteiger partial charge on any atom is -0.462 e. The molecule has 0 saturated heterocycles. The van der Waals surface area contributed by atoms with Crippen LogP contribution in [0.2, 0.25) is 0 Å². The zero-order valence-corrected chi connectivity index (χ0v) is 17.6. The van der Waals surface area contributed by atoms with Crippen LogP contribution in [0.5, 0.6) is 0 Å². The van der Waals surface area contributed by atoms with Gasteiger partial charge in [0.05, 0.1) is 12.2 Å². The van der Waals surface area contributed by atoms with E-state index >= 15 is 0 Å². The van der Waals surface area contributed by atoms with Gasteiger partial charge in [0.15, 0.2) is 10.9 Å². The number of aryl methyl sites for hydroxylation is 2. The van der Waals surface area contributed by atoms with E-state index in [0.29, 0.717) is 28.1 Å². The third kappa shape index (κ3) is 4.96. The van der Waals surface area contributed by atoms with Crippen molar-refractivity contribution < 1.29 is 9.53 Å². The standard InChI is InChI=1S/C20H22N4O2S2/c1-4-26-19(25)16-12-15(11-14-8-6-5-7-9-14)28-18(16)22-20(27)21-17-10-13(2)24(3)23-17/h5-10,12H,4,11H2,1-3H3,(H2,21,22,23,27). The van der Waals surface area contributed by atoms with Gasteiger partial charge in [-0.15, -0.1) is 11.3 Å². The van der Waals surface area contributed by atoms with Crippen LogP contribution >= 0.6 is 23.6 Å². The SMILES string of the molecule is CCOC(=O)c1cc(Cc2ccccc2)sc1NC(=S)Nc1cc(C)n(C)n1. The minimum atomic E-state index is -0.364. The Kier molecular flexibility index (Phi) is 6.43. The molecule has 146 valence electrons. The summed E-state index contributed by atoms with van der Waals surface area (Å²) in [5.41, 5.74) is 2.67. The summed E-state index contributed by atoms with van der Waals surface area (Å²) < 4.78 is 6.96. The largest absolute Gasteiger partial charge is 0.462 e. The maximum absolute atomic E-state index is 12.4. The first-order chi connectivity index (χ1) is 13.5. The zero-order chi connectivity index (χ0) is 20.1. The van der Waals surface area contributed by atoms with Gasteiger partial charge in [0.2, 0.25) is 0 Å². The van der Waals surface area contributed by atoms with E-state index in [4.69, 9.17) is 17.0 Å². The van der Waals surface area contributed by atoms with Crippen LogP contribution in [0.4, 0.5) is 10.8 Å². The second-order valence-corrected chi connectivity index (χ2v) is 7.76. The van der Waals surface area contributed by atoms with Crippen molar-refractivity contribution in [2.45, 2.75) is 20.3 Å². The molecule has 0 amide bonds. The molecule has 1 aromatic carbocycles. The van der Waals surface area contributed by atoms with Gasteiger partial charge in [0.25, 0.3) is 0 Å². The van der Waals surface area contributed by atoms with Gasteiger partial charge in [-0.25, -0.2) is 4.79 Å². The first kappa shape index (κ1) is 20.0. The first-order valence-corrected chi connectivity index (χ1v) is 10.1. The van der Waals surface area contributed by atoms with Crippen molar-refractivity contribution in [2.75, 3.05) is 17.2 Å². The second kappa shape index (κ2) is 8.99. The van der Waals surface area contributed by atoms with Gasteiger partial charge in [-0.2, -0.15) is 5.10 Å². The second-order valence-electron chi connectivity index (χ2n) is 6.21. The van der Waals surface area contributed by atoms with Crippen LogP contribution in [-0.4, -0.2) is 27.5 Å². The monoisotopic (exact) mass is 414 g/mol. The van der Waals surface area contributed by atoms with Crippen LogP contribution in [0.15, 0.2) is 42.5 Å². The summed E-state index contributed by atoms with van der Waals surface area (Å²) in [4.78, 5) is 13.4. The minimum absolute atomic E-state index is 0.318. The van der Waals surface area contributed by atoms with E-state index in [1.807, 2.05) is 44.3 Å². The molecular formula is C20H22N4O2S2. The van der Waals surface area contributed by atoms with Crippen molar-refractivity contribution in [1.29, 1.82) is 0 Å². The number of thiocarbonyl (C=S) groups is 1. The Morgan fingerprint density at radius 1 is 1.25 bits per heavy atom. The highest BCUT2D eigenvalue weighted by molar-refractivity contribution is 7.80. The van der Waals surface area contributed by atoms with Gasteiger partial charge in [-0.05, 0) is 37.7 Å². The smallest absolute Gasteiger partial charge is 0.341 e. The molecule has 28 heavy (non-hydrogen) atoms. The van der Waals surface area contributed by atoms with Crippen LogP contribution in [0.25, 0.3) is 0 Å². The number of rotatable bonds is 6. The fraction of sp³-hybridized carbons (Fsp3) is 0.250. The Bertz CT molecular complexity index is 960. The molecule has 0 atom stereocenters. The fourth-order valence-corrected chi connectivity index (χ4v) is 4.01. The normalized spacial score (nSPS) is 10.5. The third-order valence-electron chi connectivity index (χ3n) is 4.08. The van der Waals surface area contributed by atoms with E-state index < -0.39 is 0 Å². The summed E-state index contributed by atoms with van der Waals surface area (Å²) in [7, 11) is 1.87. The molecule has 0 aliphatic heterocycles. The number of ether oxygens (including phenoxy) is 1. The number of thiophene rings is 1. The number of hydrogen-bond donors (Lipinski definition) is 2. The Morgan fingerprint density at radius 2 is 2.00 bits per heavy atom. The summed E-state index contributed by atoms with van der Waals surface area (Å²) in [6.45, 7) is 4.07. The zero-order valence-electron chi connectivity index (χ0n) is 16.0. The van der Waals surface area contributed by atoms with Crippen molar-refractivity contribution in [2.24, 2.45) is 7.05 Å². The molecule has 2 aromatic heterocycles. The number of hydrogen-bond acceptors (Lipinski definition) is 5. The molecule has 3 rings (SSSR count). The maximum atomic E-state index is 12.4. The van der Waals surface area contributed by atoms with Crippen molar-refractivity contribution in [3.63, 3.8) is 0 Å². The highest BCUT2D eigenvalue weighted by Crippen LogP contribution is 2.31. The molecule has 0 bridgehead atoms. The summed E-state index contributed by atoms with van der Waals surface area (Å²) >= 11 is 6.89. The van der Waals surface area contributed by atoms with Gasteiger partial charge in [-0.1, -0.05) is 30.3 Å². The molecule has 2 N–H and O–H groups in total. The Hall–Kier alpha value is -2.71. The molecule has 0 saturated carbocycles. The predicted octanol–water partition coefficient (Wildman–Crippen LogP) is 4.37. The highest BCUT2D eigenvalue weighted by atomic mass is 32.1. The molecule has 8 heteroatoms. The van der Waals surface area contributed by atoms with E-state index in [-0.39, 0.29) is 5.97 Å². The van der Waals surface area contributed by atoms with Gasteiger partial charge >= 0.3 is 5.97 Å². The molecule has 0 aliphatic rings. The Morgan fingerprint density at radius 3 is 2.64 bits per heavy atom. The number of carbonyl (C=O) groups is 1. The van der Waals surface area contributed by atoms with E-state index in [1.165, 1.54) is 16.9 Å². The summed E-state index contributed by atoms with van der Waals surface area (Å²) in [5.74, 6) is 0.285. The first-order valence-electron chi connectivity index (χ1n) is 8.88. The lowest BCUT2D eigenvalue weighted by Gasteiger charge is -2.08. The summed E-state index contributed by atoms with van der Waals surface area (Å²) in [6.07, 6.45) is 0.735. The van der Waals surface area contributed by atoms with Crippen LogP contribution in [-0.2, 0) is 18.2 Å². The number of anilines is 2. The fourth-order valence-electron chi connectivity index (χ4n) is 2.65. The number of nitrogens with one attached hydrogen (secondary N) is 2. The number of benzene rings is 1. The quantitative estimate of drug-likeness (QED) is 0.461. The number of carbonyl (C=O) groups excluding carboxylic acids is 1. The summed E-state index contributed by atoms with van der Waals surface area (Å²) in [6, 6.07) is 13.9. The average Bonchev–Trinajstić information content (AvgIpc) is 3.18. The molecule has 6 nitrogen and oxygen atoms in total. The number of esters is 1. The van der Waals surface area contributed by atoms with Crippen LogP contribution in [0, 0.1) is 6.92 Å². The molecule has 0 unspecified atom stereocenters. The van der Waals surface area contributed by atoms with E-state index in [1.54, 1.807) is 11.6 Å². The van der Waals surface area contributed by atoms with E-state index in [9.17, 15) is 4.79 Å². The number of aromatic nitrogens is 2. The molecule has 3 aromatic rings. The molecular weight excluding hydrogens is 392 g/mol. The lowest BCUT2D eigenvalue weighted by Crippen LogP contribution is -2.20. The van der Waals surface area contributed by atoms with Crippen molar-refractivity contribution in [3.8, 4) is 0 Å². The van der Waals surface area contributed by atoms with E-state index in [0.717, 1.165) is 17.0 Å². The average molecular weight is 415 g/mol. The Balaban J connectivity index is 1.79. The van der Waals surface area contributed by atoms with Crippen LogP contribution in [0.3, 0.4) is 0 Å². The van der Waals surface area contributed by atoms with Crippen molar-refractivity contribution >= 4 is 45.5 Å². The lowest BCUT2D eigenvalue weighted by molar-refractivity contribution is 0.0528.